The zero-order chi connectivity index (χ0) is 22.6. The topological polar surface area (TPSA) is 62.3 Å². The van der Waals surface area contributed by atoms with E-state index in [1.807, 2.05) is 41.3 Å². The lowest BCUT2D eigenvalue weighted by Gasteiger charge is -2.17. The first kappa shape index (κ1) is 21.7. The molecule has 2 amide bonds. The molecule has 4 aromatic rings. The van der Waals surface area contributed by atoms with Crippen molar-refractivity contribution in [2.75, 3.05) is 18.4 Å². The zero-order valence-electron chi connectivity index (χ0n) is 18.0. The van der Waals surface area contributed by atoms with Crippen LogP contribution in [0.3, 0.4) is 0 Å². The van der Waals surface area contributed by atoms with E-state index in [9.17, 15) is 9.59 Å². The Morgan fingerprint density at radius 1 is 0.939 bits per heavy atom. The van der Waals surface area contributed by atoms with Gasteiger partial charge in [0.1, 0.15) is 0 Å². The van der Waals surface area contributed by atoms with Crippen molar-refractivity contribution in [1.29, 1.82) is 0 Å². The van der Waals surface area contributed by atoms with Crippen LogP contribution < -0.4 is 5.32 Å². The number of fused-ring (bicyclic) bond motifs is 1. The van der Waals surface area contributed by atoms with Crippen LogP contribution in [-0.2, 0) is 5.75 Å². The van der Waals surface area contributed by atoms with Gasteiger partial charge >= 0.3 is 0 Å². The van der Waals surface area contributed by atoms with Crippen molar-refractivity contribution < 1.29 is 9.59 Å². The second-order valence-electron chi connectivity index (χ2n) is 7.94. The van der Waals surface area contributed by atoms with Crippen molar-refractivity contribution in [2.24, 2.45) is 0 Å². The number of hydrogen-bond acceptors (Lipinski definition) is 5. The van der Waals surface area contributed by atoms with E-state index in [0.29, 0.717) is 16.8 Å². The zero-order valence-corrected chi connectivity index (χ0v) is 19.6. The second-order valence-corrected chi connectivity index (χ2v) is 10.2. The Morgan fingerprint density at radius 3 is 2.45 bits per heavy atom. The van der Waals surface area contributed by atoms with Crippen LogP contribution in [0.2, 0.25) is 0 Å². The van der Waals surface area contributed by atoms with E-state index in [-0.39, 0.29) is 11.8 Å². The van der Waals surface area contributed by atoms with Gasteiger partial charge < -0.3 is 10.2 Å². The molecule has 1 saturated heterocycles. The fraction of sp³-hybridized carbons (Fsp3) is 0.192. The van der Waals surface area contributed by atoms with Crippen molar-refractivity contribution >= 4 is 50.8 Å². The summed E-state index contributed by atoms with van der Waals surface area (Å²) < 4.78 is 2.02. The number of carbonyl (C=O) groups is 2. The largest absolute Gasteiger partial charge is 0.339 e. The van der Waals surface area contributed by atoms with E-state index in [2.05, 4.69) is 17.4 Å². The van der Waals surface area contributed by atoms with Gasteiger partial charge in [-0.25, -0.2) is 4.98 Å². The Balaban J connectivity index is 1.31. The summed E-state index contributed by atoms with van der Waals surface area (Å²) in [6, 6.07) is 23.1. The number of hydrogen-bond donors (Lipinski definition) is 1. The molecule has 7 heteroatoms. The second kappa shape index (κ2) is 9.77. The molecule has 1 aliphatic heterocycles. The summed E-state index contributed by atoms with van der Waals surface area (Å²) in [5.74, 6) is 0.517. The molecule has 0 aliphatic carbocycles. The number of nitrogens with one attached hydrogen (secondary N) is 1. The van der Waals surface area contributed by atoms with Crippen LogP contribution in [0, 0.1) is 0 Å². The number of nitrogens with zero attached hydrogens (tertiary/aromatic N) is 2. The lowest BCUT2D eigenvalue weighted by atomic mass is 10.1. The predicted molar refractivity (Wildman–Crippen MR) is 135 cm³/mol. The molecule has 0 saturated carbocycles. The quantitative estimate of drug-likeness (QED) is 0.345. The summed E-state index contributed by atoms with van der Waals surface area (Å²) in [6.07, 6.45) is 2.03. The molecule has 0 radical (unpaired) electrons. The van der Waals surface area contributed by atoms with Gasteiger partial charge in [0.2, 0.25) is 0 Å². The normalized spacial score (nSPS) is 13.4. The smallest absolute Gasteiger partial charge is 0.256 e. The van der Waals surface area contributed by atoms with Gasteiger partial charge in [0.25, 0.3) is 11.8 Å². The van der Waals surface area contributed by atoms with E-state index in [1.54, 1.807) is 47.4 Å². The Hall–Kier alpha value is -3.16. The SMILES string of the molecule is O=C(Nc1ccc2nc(SCc3ccccc3)sc2c1)c1ccccc1C(=O)N1CCCC1. The maximum Gasteiger partial charge on any atom is 0.256 e. The highest BCUT2D eigenvalue weighted by atomic mass is 32.2. The van der Waals surface area contributed by atoms with E-state index >= 15 is 0 Å². The maximum atomic E-state index is 13.1. The Kier molecular flexibility index (Phi) is 6.41. The van der Waals surface area contributed by atoms with E-state index in [1.165, 1.54) is 5.56 Å². The molecule has 1 N–H and O–H groups in total. The van der Waals surface area contributed by atoms with Crippen LogP contribution in [0.1, 0.15) is 39.1 Å². The van der Waals surface area contributed by atoms with Gasteiger partial charge in [-0.1, -0.05) is 54.2 Å². The molecular weight excluding hydrogens is 450 g/mol. The molecule has 2 heterocycles. The van der Waals surface area contributed by atoms with Gasteiger partial charge in [0.15, 0.2) is 4.34 Å². The van der Waals surface area contributed by atoms with Crippen molar-refractivity contribution in [3.63, 3.8) is 0 Å². The number of rotatable bonds is 6. The minimum absolute atomic E-state index is 0.0729. The van der Waals surface area contributed by atoms with Gasteiger partial charge in [-0.3, -0.25) is 9.59 Å². The van der Waals surface area contributed by atoms with Gasteiger partial charge in [-0.05, 0) is 48.7 Å². The number of thioether (sulfide) groups is 1. The minimum atomic E-state index is -0.277. The van der Waals surface area contributed by atoms with Crippen LogP contribution in [0.15, 0.2) is 77.1 Å². The Bertz CT molecular complexity index is 1300. The van der Waals surface area contributed by atoms with Gasteiger partial charge in [-0.2, -0.15) is 0 Å². The van der Waals surface area contributed by atoms with Crippen molar-refractivity contribution in [1.82, 2.24) is 9.88 Å². The fourth-order valence-electron chi connectivity index (χ4n) is 3.92. The summed E-state index contributed by atoms with van der Waals surface area (Å²) in [5, 5.41) is 2.97. The number of aromatic nitrogens is 1. The number of thiazole rings is 1. The van der Waals surface area contributed by atoms with Crippen LogP contribution in [0.25, 0.3) is 10.2 Å². The lowest BCUT2D eigenvalue weighted by molar-refractivity contribution is 0.0787. The summed E-state index contributed by atoms with van der Waals surface area (Å²) in [6.45, 7) is 1.50. The summed E-state index contributed by atoms with van der Waals surface area (Å²) in [7, 11) is 0. The number of benzene rings is 3. The van der Waals surface area contributed by atoms with Gasteiger partial charge in [-0.15, -0.1) is 11.3 Å². The first-order chi connectivity index (χ1) is 16.2. The fourth-order valence-corrected chi connectivity index (χ4v) is 5.98. The maximum absolute atomic E-state index is 13.1. The first-order valence-corrected chi connectivity index (χ1v) is 12.7. The molecule has 33 heavy (non-hydrogen) atoms. The molecule has 1 fully saturated rings. The Morgan fingerprint density at radius 2 is 1.67 bits per heavy atom. The van der Waals surface area contributed by atoms with Gasteiger partial charge in [0, 0.05) is 24.5 Å². The van der Waals surface area contributed by atoms with Crippen LogP contribution >= 0.6 is 23.1 Å². The third kappa shape index (κ3) is 4.94. The molecule has 5 nitrogen and oxygen atoms in total. The molecule has 1 aliphatic rings. The summed E-state index contributed by atoms with van der Waals surface area (Å²) in [5.41, 5.74) is 3.72. The molecule has 0 unspecified atom stereocenters. The highest BCUT2D eigenvalue weighted by Gasteiger charge is 2.24. The minimum Gasteiger partial charge on any atom is -0.339 e. The number of carbonyl (C=O) groups excluding carboxylic acids is 2. The Labute approximate surface area is 200 Å². The van der Waals surface area contributed by atoms with E-state index < -0.39 is 0 Å². The van der Waals surface area contributed by atoms with Crippen LogP contribution in [0.5, 0.6) is 0 Å². The van der Waals surface area contributed by atoms with E-state index in [0.717, 1.165) is 46.2 Å². The van der Waals surface area contributed by atoms with Crippen molar-refractivity contribution in [3.05, 3.63) is 89.5 Å². The number of amides is 2. The van der Waals surface area contributed by atoms with Crippen LogP contribution in [-0.4, -0.2) is 34.8 Å². The average molecular weight is 474 g/mol. The highest BCUT2D eigenvalue weighted by Crippen LogP contribution is 2.33. The molecule has 5 rings (SSSR count). The average Bonchev–Trinajstić information content (AvgIpc) is 3.53. The van der Waals surface area contributed by atoms with Gasteiger partial charge in [0.05, 0.1) is 21.3 Å². The van der Waals surface area contributed by atoms with Crippen molar-refractivity contribution in [2.45, 2.75) is 22.9 Å². The monoisotopic (exact) mass is 473 g/mol. The number of anilines is 1. The molecule has 0 atom stereocenters. The first-order valence-electron chi connectivity index (χ1n) is 10.9. The molecule has 0 spiro atoms. The number of likely N-dealkylation sites (tertiary alicyclic amines) is 1. The predicted octanol–water partition coefficient (Wildman–Crippen LogP) is 6.08. The molecular formula is C26H23N3O2S2. The summed E-state index contributed by atoms with van der Waals surface area (Å²) in [4.78, 5) is 32.5. The molecule has 1 aromatic heterocycles. The molecule has 166 valence electrons. The standard InChI is InChI=1S/C26H23N3O2S2/c30-24(20-10-4-5-11-21(20)25(31)29-14-6-7-15-29)27-19-12-13-22-23(16-19)33-26(28-22)32-17-18-8-2-1-3-9-18/h1-5,8-13,16H,6-7,14-15,17H2,(H,27,30). The van der Waals surface area contributed by atoms with E-state index in [4.69, 9.17) is 4.98 Å². The summed E-state index contributed by atoms with van der Waals surface area (Å²) >= 11 is 3.33. The lowest BCUT2D eigenvalue weighted by Crippen LogP contribution is -2.29. The van der Waals surface area contributed by atoms with Crippen LogP contribution in [0.4, 0.5) is 5.69 Å². The van der Waals surface area contributed by atoms with Crippen molar-refractivity contribution in [3.8, 4) is 0 Å². The highest BCUT2D eigenvalue weighted by molar-refractivity contribution is 8.00. The third-order valence-corrected chi connectivity index (χ3v) is 7.86. The molecule has 0 bridgehead atoms. The third-order valence-electron chi connectivity index (χ3n) is 5.63. The molecule has 3 aromatic carbocycles.